The van der Waals surface area contributed by atoms with Crippen molar-refractivity contribution in [3.05, 3.63) is 40.6 Å². The summed E-state index contributed by atoms with van der Waals surface area (Å²) in [4.78, 5) is 2.60. The lowest BCUT2D eigenvalue weighted by atomic mass is 9.86. The number of likely N-dealkylation sites (N-methyl/N-ethyl adjacent to an activating group) is 1. The molecule has 0 radical (unpaired) electrons. The molecule has 3 heterocycles. The number of ether oxygens (including phenoxy) is 1. The van der Waals surface area contributed by atoms with Crippen LogP contribution >= 0.6 is 0 Å². The van der Waals surface area contributed by atoms with E-state index >= 15 is 0 Å². The van der Waals surface area contributed by atoms with Crippen LogP contribution in [0.3, 0.4) is 0 Å². The molecule has 1 saturated heterocycles. The largest absolute Gasteiger partial charge is 0.389 e. The number of benzene rings is 1. The van der Waals surface area contributed by atoms with Crippen molar-refractivity contribution in [2.24, 2.45) is 5.92 Å². The van der Waals surface area contributed by atoms with Crippen molar-refractivity contribution in [1.29, 1.82) is 0 Å². The smallest absolute Gasteiger partial charge is 0.0729 e. The van der Waals surface area contributed by atoms with Gasteiger partial charge in [-0.3, -0.25) is 4.90 Å². The molecule has 2 aromatic rings. The van der Waals surface area contributed by atoms with Gasteiger partial charge in [0.05, 0.1) is 11.1 Å². The van der Waals surface area contributed by atoms with Gasteiger partial charge in [0.25, 0.3) is 0 Å². The van der Waals surface area contributed by atoms with Crippen LogP contribution in [0.4, 0.5) is 0 Å². The van der Waals surface area contributed by atoms with E-state index in [0.29, 0.717) is 31.1 Å². The molecular weight excluding hydrogens is 384 g/mol. The van der Waals surface area contributed by atoms with Crippen molar-refractivity contribution in [3.8, 4) is 0 Å². The molecule has 4 nitrogen and oxygen atoms in total. The van der Waals surface area contributed by atoms with Crippen molar-refractivity contribution >= 4 is 17.1 Å². The van der Waals surface area contributed by atoms with E-state index in [1.807, 2.05) is 0 Å². The van der Waals surface area contributed by atoms with Crippen molar-refractivity contribution in [2.45, 2.75) is 82.4 Å². The van der Waals surface area contributed by atoms with Crippen LogP contribution in [0.1, 0.15) is 74.1 Å². The molecule has 2 aliphatic carbocycles. The number of aromatic nitrogens is 1. The molecule has 4 aliphatic rings. The highest BCUT2D eigenvalue weighted by Crippen LogP contribution is 2.48. The molecule has 0 spiro atoms. The SMILES string of the molecule is Cc1ccc2c(c1)c1c(n2C=C(CC2(O)CCOCC2)C2CC2)C2CCCC2N(C)C1. The molecule has 2 saturated carbocycles. The van der Waals surface area contributed by atoms with Crippen LogP contribution < -0.4 is 0 Å². The molecule has 0 bridgehead atoms. The van der Waals surface area contributed by atoms with Crippen molar-refractivity contribution in [1.82, 2.24) is 9.47 Å². The third-order valence-corrected chi connectivity index (χ3v) is 8.46. The van der Waals surface area contributed by atoms with Crippen molar-refractivity contribution in [3.63, 3.8) is 0 Å². The minimum absolute atomic E-state index is 0.595. The Morgan fingerprint density at radius 1 is 1.19 bits per heavy atom. The highest BCUT2D eigenvalue weighted by molar-refractivity contribution is 5.89. The van der Waals surface area contributed by atoms with Crippen LogP contribution in [-0.4, -0.2) is 46.5 Å². The Kier molecular flexibility index (Phi) is 4.82. The molecule has 1 aromatic carbocycles. The highest BCUT2D eigenvalue weighted by atomic mass is 16.5. The zero-order chi connectivity index (χ0) is 21.2. The summed E-state index contributed by atoms with van der Waals surface area (Å²) in [5, 5.41) is 12.7. The highest BCUT2D eigenvalue weighted by Gasteiger charge is 2.41. The molecule has 2 unspecified atom stereocenters. The Balaban J connectivity index is 1.49. The Morgan fingerprint density at radius 2 is 2.00 bits per heavy atom. The molecule has 0 amide bonds. The summed E-state index contributed by atoms with van der Waals surface area (Å²) in [5.74, 6) is 1.28. The monoisotopic (exact) mass is 420 g/mol. The van der Waals surface area contributed by atoms with Gasteiger partial charge in [0.1, 0.15) is 0 Å². The zero-order valence-electron chi connectivity index (χ0n) is 19.1. The minimum Gasteiger partial charge on any atom is -0.389 e. The first kappa shape index (κ1) is 20.0. The standard InChI is InChI=1S/C27H36N2O2/c1-18-6-9-25-22(14-18)23-17-28(2)24-5-3-4-21(24)26(23)29(25)16-20(19-7-8-19)15-27(30)10-12-31-13-11-27/h6,9,14,16,19,21,24,30H,3-5,7-8,10-13,15,17H2,1-2H3. The number of fused-ring (bicyclic) bond motifs is 5. The summed E-state index contributed by atoms with van der Waals surface area (Å²) in [6.07, 6.45) is 11.3. The predicted octanol–water partition coefficient (Wildman–Crippen LogP) is 5.21. The third-order valence-electron chi connectivity index (χ3n) is 8.46. The molecule has 6 rings (SSSR count). The molecule has 3 fully saturated rings. The second kappa shape index (κ2) is 7.47. The number of hydrogen-bond acceptors (Lipinski definition) is 3. The fourth-order valence-electron chi connectivity index (χ4n) is 6.60. The lowest BCUT2D eigenvalue weighted by molar-refractivity contribution is -0.0629. The van der Waals surface area contributed by atoms with Gasteiger partial charge < -0.3 is 14.4 Å². The van der Waals surface area contributed by atoms with Gasteiger partial charge in [-0.15, -0.1) is 0 Å². The number of aliphatic hydroxyl groups is 1. The predicted molar refractivity (Wildman–Crippen MR) is 125 cm³/mol. The van der Waals surface area contributed by atoms with Gasteiger partial charge in [-0.05, 0) is 88.1 Å². The van der Waals surface area contributed by atoms with E-state index in [9.17, 15) is 5.11 Å². The van der Waals surface area contributed by atoms with Crippen molar-refractivity contribution in [2.75, 3.05) is 20.3 Å². The maximum Gasteiger partial charge on any atom is 0.0729 e. The quantitative estimate of drug-likeness (QED) is 0.737. The number of nitrogens with zero attached hydrogens (tertiary/aromatic N) is 2. The Morgan fingerprint density at radius 3 is 2.77 bits per heavy atom. The van der Waals surface area contributed by atoms with Gasteiger partial charge >= 0.3 is 0 Å². The van der Waals surface area contributed by atoms with Crippen LogP contribution in [0.15, 0.2) is 23.8 Å². The van der Waals surface area contributed by atoms with Gasteiger partial charge in [0.15, 0.2) is 0 Å². The maximum atomic E-state index is 11.3. The topological polar surface area (TPSA) is 37.6 Å². The van der Waals surface area contributed by atoms with Gasteiger partial charge in [0.2, 0.25) is 0 Å². The lowest BCUT2D eigenvalue weighted by Gasteiger charge is -2.36. The number of rotatable bonds is 4. The zero-order valence-corrected chi connectivity index (χ0v) is 19.1. The van der Waals surface area contributed by atoms with E-state index in [1.54, 1.807) is 11.3 Å². The average molecular weight is 421 g/mol. The second-order valence-corrected chi connectivity index (χ2v) is 10.8. The molecule has 2 aliphatic heterocycles. The van der Waals surface area contributed by atoms with Crippen LogP contribution in [0.5, 0.6) is 0 Å². The first-order valence-electron chi connectivity index (χ1n) is 12.4. The van der Waals surface area contributed by atoms with Crippen LogP contribution in [0.2, 0.25) is 0 Å². The number of hydrogen-bond donors (Lipinski definition) is 1. The van der Waals surface area contributed by atoms with E-state index < -0.39 is 5.60 Å². The molecule has 1 aromatic heterocycles. The maximum absolute atomic E-state index is 11.3. The summed E-state index contributed by atoms with van der Waals surface area (Å²) in [6.45, 7) is 4.63. The van der Waals surface area contributed by atoms with Gasteiger partial charge in [-0.1, -0.05) is 18.1 Å². The summed E-state index contributed by atoms with van der Waals surface area (Å²) in [7, 11) is 2.32. The Bertz CT molecular complexity index is 1030. The van der Waals surface area contributed by atoms with Gasteiger partial charge in [0, 0.05) is 49.0 Å². The van der Waals surface area contributed by atoms with E-state index in [-0.39, 0.29) is 0 Å². The van der Waals surface area contributed by atoms with Gasteiger partial charge in [-0.2, -0.15) is 0 Å². The lowest BCUT2D eigenvalue weighted by Crippen LogP contribution is -2.38. The van der Waals surface area contributed by atoms with Crippen LogP contribution in [-0.2, 0) is 11.3 Å². The van der Waals surface area contributed by atoms with Crippen LogP contribution in [0, 0.1) is 12.8 Å². The minimum atomic E-state index is -0.595. The normalized spacial score (nSPS) is 28.7. The van der Waals surface area contributed by atoms with E-state index in [2.05, 4.69) is 47.8 Å². The Hall–Kier alpha value is -1.62. The molecule has 1 N–H and O–H groups in total. The average Bonchev–Trinajstić information content (AvgIpc) is 3.40. The van der Waals surface area contributed by atoms with E-state index in [0.717, 1.165) is 25.8 Å². The molecule has 166 valence electrons. The first-order valence-corrected chi connectivity index (χ1v) is 12.4. The molecule has 4 heteroatoms. The molecular formula is C27H36N2O2. The van der Waals surface area contributed by atoms with E-state index in [4.69, 9.17) is 4.74 Å². The fraction of sp³-hybridized carbons (Fsp3) is 0.630. The first-order chi connectivity index (χ1) is 15.0. The summed E-state index contributed by atoms with van der Waals surface area (Å²) < 4.78 is 8.11. The van der Waals surface area contributed by atoms with Crippen LogP contribution in [0.25, 0.3) is 17.1 Å². The summed E-state index contributed by atoms with van der Waals surface area (Å²) in [6, 6.07) is 7.66. The second-order valence-electron chi connectivity index (χ2n) is 10.8. The molecule has 31 heavy (non-hydrogen) atoms. The van der Waals surface area contributed by atoms with Gasteiger partial charge in [-0.25, -0.2) is 0 Å². The third kappa shape index (κ3) is 3.48. The summed E-state index contributed by atoms with van der Waals surface area (Å²) >= 11 is 0. The Labute approximate surface area is 185 Å². The summed E-state index contributed by atoms with van der Waals surface area (Å²) in [5.41, 5.74) is 6.67. The molecule has 2 atom stereocenters. The number of aryl methyl sites for hydroxylation is 1. The van der Waals surface area contributed by atoms with E-state index in [1.165, 1.54) is 54.1 Å². The van der Waals surface area contributed by atoms with Crippen molar-refractivity contribution < 1.29 is 9.84 Å². The fourth-order valence-corrected chi connectivity index (χ4v) is 6.60.